The Hall–Kier alpha value is -1.36. The van der Waals surface area contributed by atoms with Crippen LogP contribution in [-0.4, -0.2) is 35.6 Å². The Bertz CT molecular complexity index is 488. The summed E-state index contributed by atoms with van der Waals surface area (Å²) >= 11 is 0. The number of benzene rings is 1. The molecule has 0 aliphatic carbocycles. The maximum Gasteiger partial charge on any atom is 0.191 e. The zero-order valence-corrected chi connectivity index (χ0v) is 15.7. The van der Waals surface area contributed by atoms with E-state index in [0.29, 0.717) is 18.3 Å². The highest BCUT2D eigenvalue weighted by Crippen LogP contribution is 2.08. The average molecular weight is 338 g/mol. The van der Waals surface area contributed by atoms with Gasteiger partial charge in [0.15, 0.2) is 5.96 Å². The third-order valence-corrected chi connectivity index (χ3v) is 4.98. The van der Waals surface area contributed by atoms with E-state index in [1.165, 1.54) is 12.8 Å². The summed E-state index contributed by atoms with van der Waals surface area (Å²) in [5.74, 6) is 2.12. The van der Waals surface area contributed by atoms with Crippen LogP contribution in [0.4, 0.5) is 0 Å². The van der Waals surface area contributed by atoms with Crippen molar-refractivity contribution in [1.82, 2.24) is 10.6 Å². The molecular formula is C18H31N3OS. The van der Waals surface area contributed by atoms with Gasteiger partial charge in [-0.2, -0.15) is 0 Å². The van der Waals surface area contributed by atoms with Crippen LogP contribution in [0, 0.1) is 5.92 Å². The highest BCUT2D eigenvalue weighted by molar-refractivity contribution is 7.85. The fourth-order valence-corrected chi connectivity index (χ4v) is 3.27. The van der Waals surface area contributed by atoms with E-state index in [9.17, 15) is 4.21 Å². The second-order valence-corrected chi connectivity index (χ2v) is 7.80. The number of guanidine groups is 1. The Morgan fingerprint density at radius 3 is 2.48 bits per heavy atom. The molecule has 2 unspecified atom stereocenters. The molecule has 0 aromatic heterocycles. The summed E-state index contributed by atoms with van der Waals surface area (Å²) in [6.07, 6.45) is 3.61. The summed E-state index contributed by atoms with van der Waals surface area (Å²) in [5.41, 5.74) is 0. The van der Waals surface area contributed by atoms with Gasteiger partial charge in [-0.1, -0.05) is 44.9 Å². The molecule has 1 rings (SSSR count). The zero-order valence-electron chi connectivity index (χ0n) is 14.8. The molecule has 0 saturated heterocycles. The molecule has 0 bridgehead atoms. The molecule has 0 radical (unpaired) electrons. The normalized spacial score (nSPS) is 14.6. The van der Waals surface area contributed by atoms with Gasteiger partial charge in [0, 0.05) is 30.3 Å². The van der Waals surface area contributed by atoms with Crippen molar-refractivity contribution in [1.29, 1.82) is 0 Å². The van der Waals surface area contributed by atoms with Gasteiger partial charge in [0.25, 0.3) is 0 Å². The van der Waals surface area contributed by atoms with Crippen LogP contribution in [0.25, 0.3) is 0 Å². The minimum absolute atomic E-state index is 0.388. The predicted molar refractivity (Wildman–Crippen MR) is 100 cm³/mol. The third kappa shape index (κ3) is 8.74. The van der Waals surface area contributed by atoms with Gasteiger partial charge >= 0.3 is 0 Å². The first kappa shape index (κ1) is 19.7. The van der Waals surface area contributed by atoms with Crippen molar-refractivity contribution in [3.63, 3.8) is 0 Å². The number of nitrogens with one attached hydrogen (secondary N) is 2. The molecule has 0 amide bonds. The van der Waals surface area contributed by atoms with E-state index in [2.05, 4.69) is 36.4 Å². The first-order valence-electron chi connectivity index (χ1n) is 8.43. The number of nitrogens with zero attached hydrogens (tertiary/aromatic N) is 1. The van der Waals surface area contributed by atoms with Crippen LogP contribution in [0.5, 0.6) is 0 Å². The SMILES string of the molecule is CN=C(NCCS(=O)c1ccccc1)NC(C)CCCC(C)C. The molecule has 1 aromatic carbocycles. The lowest BCUT2D eigenvalue weighted by molar-refractivity contribution is 0.492. The minimum atomic E-state index is -0.970. The van der Waals surface area contributed by atoms with Crippen molar-refractivity contribution in [2.24, 2.45) is 10.9 Å². The molecule has 4 nitrogen and oxygen atoms in total. The second kappa shape index (κ2) is 11.2. The van der Waals surface area contributed by atoms with Crippen molar-refractivity contribution in [2.75, 3.05) is 19.3 Å². The van der Waals surface area contributed by atoms with Gasteiger partial charge in [0.1, 0.15) is 0 Å². The molecule has 0 spiro atoms. The van der Waals surface area contributed by atoms with Crippen molar-refractivity contribution in [3.8, 4) is 0 Å². The summed E-state index contributed by atoms with van der Waals surface area (Å²) < 4.78 is 12.2. The summed E-state index contributed by atoms with van der Waals surface area (Å²) in [7, 11) is 0.798. The lowest BCUT2D eigenvalue weighted by Gasteiger charge is -2.18. The first-order valence-corrected chi connectivity index (χ1v) is 9.75. The topological polar surface area (TPSA) is 53.5 Å². The van der Waals surface area contributed by atoms with E-state index < -0.39 is 10.8 Å². The van der Waals surface area contributed by atoms with Gasteiger partial charge < -0.3 is 10.6 Å². The van der Waals surface area contributed by atoms with Crippen molar-refractivity contribution in [2.45, 2.75) is 51.0 Å². The fraction of sp³-hybridized carbons (Fsp3) is 0.611. The third-order valence-electron chi connectivity index (χ3n) is 3.61. The van der Waals surface area contributed by atoms with E-state index >= 15 is 0 Å². The van der Waals surface area contributed by atoms with E-state index in [4.69, 9.17) is 0 Å². The van der Waals surface area contributed by atoms with Crippen LogP contribution in [0.3, 0.4) is 0 Å². The standard InChI is InChI=1S/C18H31N3OS/c1-15(2)9-8-10-16(3)21-18(19-4)20-13-14-23(22)17-11-6-5-7-12-17/h5-7,11-12,15-16H,8-10,13-14H2,1-4H3,(H2,19,20,21). The van der Waals surface area contributed by atoms with Crippen LogP contribution in [0.2, 0.25) is 0 Å². The monoisotopic (exact) mass is 337 g/mol. The van der Waals surface area contributed by atoms with Gasteiger partial charge in [-0.25, -0.2) is 0 Å². The molecule has 0 saturated carbocycles. The van der Waals surface area contributed by atoms with Crippen LogP contribution in [0.1, 0.15) is 40.0 Å². The predicted octanol–water partition coefficient (Wildman–Crippen LogP) is 3.17. The fourth-order valence-electron chi connectivity index (χ4n) is 2.28. The highest BCUT2D eigenvalue weighted by Gasteiger charge is 2.07. The minimum Gasteiger partial charge on any atom is -0.355 e. The Morgan fingerprint density at radius 1 is 1.17 bits per heavy atom. The second-order valence-electron chi connectivity index (χ2n) is 6.23. The zero-order chi connectivity index (χ0) is 17.1. The smallest absolute Gasteiger partial charge is 0.191 e. The summed E-state index contributed by atoms with van der Waals surface area (Å²) in [4.78, 5) is 5.11. The van der Waals surface area contributed by atoms with Crippen LogP contribution in [-0.2, 0) is 10.8 Å². The van der Waals surface area contributed by atoms with E-state index in [-0.39, 0.29) is 0 Å². The number of rotatable bonds is 9. The van der Waals surface area contributed by atoms with Gasteiger partial charge in [0.2, 0.25) is 0 Å². The number of hydrogen-bond donors (Lipinski definition) is 2. The molecule has 23 heavy (non-hydrogen) atoms. The Kier molecular flexibility index (Phi) is 9.60. The molecule has 2 N–H and O–H groups in total. The Balaban J connectivity index is 2.27. The van der Waals surface area contributed by atoms with Crippen molar-refractivity contribution in [3.05, 3.63) is 30.3 Å². The van der Waals surface area contributed by atoms with Crippen LogP contribution < -0.4 is 10.6 Å². The molecular weight excluding hydrogens is 306 g/mol. The molecule has 1 aromatic rings. The summed E-state index contributed by atoms with van der Waals surface area (Å²) in [6.45, 7) is 7.33. The van der Waals surface area contributed by atoms with Crippen molar-refractivity contribution < 1.29 is 4.21 Å². The number of hydrogen-bond acceptors (Lipinski definition) is 2. The van der Waals surface area contributed by atoms with Gasteiger partial charge in [-0.15, -0.1) is 0 Å². The van der Waals surface area contributed by atoms with Gasteiger partial charge in [-0.3, -0.25) is 9.20 Å². The lowest BCUT2D eigenvalue weighted by Crippen LogP contribution is -2.43. The Labute approximate surface area is 143 Å². The molecule has 0 aliphatic rings. The van der Waals surface area contributed by atoms with Crippen molar-refractivity contribution >= 4 is 16.8 Å². The summed E-state index contributed by atoms with van der Waals surface area (Å²) in [6, 6.07) is 9.96. The van der Waals surface area contributed by atoms with Crippen LogP contribution in [0.15, 0.2) is 40.2 Å². The molecule has 0 aliphatic heterocycles. The molecule has 0 heterocycles. The lowest BCUT2D eigenvalue weighted by atomic mass is 10.0. The average Bonchev–Trinajstić information content (AvgIpc) is 2.54. The highest BCUT2D eigenvalue weighted by atomic mass is 32.2. The van der Waals surface area contributed by atoms with E-state index in [1.54, 1.807) is 7.05 Å². The molecule has 5 heteroatoms. The molecule has 0 fully saturated rings. The number of aliphatic imine (C=N–C) groups is 1. The van der Waals surface area contributed by atoms with Crippen LogP contribution >= 0.6 is 0 Å². The summed E-state index contributed by atoms with van der Waals surface area (Å²) in [5, 5.41) is 6.64. The van der Waals surface area contributed by atoms with Gasteiger partial charge in [0.05, 0.1) is 10.8 Å². The maximum atomic E-state index is 12.2. The Morgan fingerprint density at radius 2 is 1.87 bits per heavy atom. The maximum absolute atomic E-state index is 12.2. The van der Waals surface area contributed by atoms with Gasteiger partial charge in [-0.05, 0) is 31.4 Å². The van der Waals surface area contributed by atoms with E-state index in [0.717, 1.165) is 23.2 Å². The molecule has 2 atom stereocenters. The molecule has 130 valence electrons. The largest absolute Gasteiger partial charge is 0.355 e. The quantitative estimate of drug-likeness (QED) is 0.537. The first-order chi connectivity index (χ1) is 11.0. The van der Waals surface area contributed by atoms with E-state index in [1.807, 2.05) is 30.3 Å².